The molecule has 0 fully saturated rings. The minimum atomic E-state index is -0.760. The van der Waals surface area contributed by atoms with Gasteiger partial charge >= 0.3 is 0 Å². The average Bonchev–Trinajstić information content (AvgIpc) is 2.82. The maximum atomic E-state index is 13.9. The average molecular weight is 315 g/mol. The molecule has 1 amide bonds. The summed E-state index contributed by atoms with van der Waals surface area (Å²) in [5.74, 6) is -2.24. The molecule has 4 nitrogen and oxygen atoms in total. The Morgan fingerprint density at radius 2 is 1.96 bits per heavy atom. The van der Waals surface area contributed by atoms with E-state index in [1.54, 1.807) is 0 Å². The van der Waals surface area contributed by atoms with Crippen molar-refractivity contribution in [3.8, 4) is 5.75 Å². The molecule has 6 heteroatoms. The standard InChI is InChI=1S/C17H11F2NO3/c1-23-10-3-4-11(14(19)7-10)16(21)8-13-12-6-9(18)2-5-15(12)20-17(13)22/h2-8H,1H3,(H,20,22)/b13-8-. The number of allylic oxidation sites excluding steroid dienone is 1. The summed E-state index contributed by atoms with van der Waals surface area (Å²) in [7, 11) is 1.38. The van der Waals surface area contributed by atoms with E-state index >= 15 is 0 Å². The third-order valence-electron chi connectivity index (χ3n) is 3.48. The van der Waals surface area contributed by atoms with E-state index < -0.39 is 23.3 Å². The van der Waals surface area contributed by atoms with Gasteiger partial charge in [-0.15, -0.1) is 0 Å². The van der Waals surface area contributed by atoms with Gasteiger partial charge in [0.1, 0.15) is 17.4 Å². The molecule has 2 aromatic carbocycles. The van der Waals surface area contributed by atoms with E-state index in [-0.39, 0.29) is 22.4 Å². The van der Waals surface area contributed by atoms with Gasteiger partial charge in [0.05, 0.1) is 18.2 Å². The first-order valence-electron chi connectivity index (χ1n) is 6.70. The zero-order chi connectivity index (χ0) is 16.6. The highest BCUT2D eigenvalue weighted by Crippen LogP contribution is 2.32. The minimum Gasteiger partial charge on any atom is -0.497 e. The number of fused-ring (bicyclic) bond motifs is 1. The van der Waals surface area contributed by atoms with Crippen molar-refractivity contribution in [2.24, 2.45) is 0 Å². The molecule has 3 rings (SSSR count). The van der Waals surface area contributed by atoms with E-state index in [2.05, 4.69) is 5.32 Å². The van der Waals surface area contributed by atoms with Crippen molar-refractivity contribution in [1.82, 2.24) is 0 Å². The highest BCUT2D eigenvalue weighted by atomic mass is 19.1. The zero-order valence-electron chi connectivity index (χ0n) is 12.0. The molecule has 0 atom stereocenters. The third-order valence-corrected chi connectivity index (χ3v) is 3.48. The lowest BCUT2D eigenvalue weighted by atomic mass is 10.0. The molecular weight excluding hydrogens is 304 g/mol. The predicted octanol–water partition coefficient (Wildman–Crippen LogP) is 3.19. The number of methoxy groups -OCH3 is 1. The predicted molar refractivity (Wildman–Crippen MR) is 80.3 cm³/mol. The number of carbonyl (C=O) groups excluding carboxylic acids is 2. The minimum absolute atomic E-state index is 0.000261. The number of ketones is 1. The second-order valence-electron chi connectivity index (χ2n) is 4.91. The van der Waals surface area contributed by atoms with E-state index in [0.29, 0.717) is 5.69 Å². The number of hydrogen-bond donors (Lipinski definition) is 1. The molecular formula is C17H11F2NO3. The number of amides is 1. The highest BCUT2D eigenvalue weighted by Gasteiger charge is 2.26. The van der Waals surface area contributed by atoms with Crippen LogP contribution in [0.3, 0.4) is 0 Å². The monoisotopic (exact) mass is 315 g/mol. The zero-order valence-corrected chi connectivity index (χ0v) is 12.0. The van der Waals surface area contributed by atoms with Gasteiger partial charge in [-0.2, -0.15) is 0 Å². The number of carbonyl (C=O) groups is 2. The van der Waals surface area contributed by atoms with E-state index in [1.165, 1.54) is 31.4 Å². The van der Waals surface area contributed by atoms with Gasteiger partial charge in [-0.05, 0) is 36.4 Å². The summed E-state index contributed by atoms with van der Waals surface area (Å²) in [6.45, 7) is 0. The number of halogens is 2. The summed E-state index contributed by atoms with van der Waals surface area (Å²) >= 11 is 0. The van der Waals surface area contributed by atoms with E-state index in [9.17, 15) is 18.4 Å². The Kier molecular flexibility index (Phi) is 3.65. The Hall–Kier alpha value is -3.02. The molecule has 0 radical (unpaired) electrons. The van der Waals surface area contributed by atoms with Crippen LogP contribution in [0.1, 0.15) is 15.9 Å². The summed E-state index contributed by atoms with van der Waals surface area (Å²) in [6.07, 6.45) is 1.01. The Balaban J connectivity index is 2.01. The van der Waals surface area contributed by atoms with Gasteiger partial charge in [0.15, 0.2) is 5.78 Å². The van der Waals surface area contributed by atoms with Crippen LogP contribution in [0.4, 0.5) is 14.5 Å². The van der Waals surface area contributed by atoms with Crippen molar-refractivity contribution >= 4 is 23.0 Å². The first kappa shape index (κ1) is 14.9. The molecule has 1 N–H and O–H groups in total. The molecule has 1 aliphatic heterocycles. The number of anilines is 1. The maximum Gasteiger partial charge on any atom is 0.256 e. The van der Waals surface area contributed by atoms with Gasteiger partial charge in [-0.25, -0.2) is 8.78 Å². The first-order chi connectivity index (χ1) is 11.0. The fraction of sp³-hybridized carbons (Fsp3) is 0.0588. The second-order valence-corrected chi connectivity index (χ2v) is 4.91. The van der Waals surface area contributed by atoms with Gasteiger partial charge in [-0.1, -0.05) is 0 Å². The Bertz CT molecular complexity index is 859. The molecule has 0 saturated carbocycles. The van der Waals surface area contributed by atoms with Gasteiger partial charge in [0, 0.05) is 17.3 Å². The first-order valence-corrected chi connectivity index (χ1v) is 6.70. The SMILES string of the molecule is COc1ccc(C(=O)/C=C2\C(=O)Nc3ccc(F)cc32)c(F)c1. The van der Waals surface area contributed by atoms with Crippen LogP contribution in [-0.4, -0.2) is 18.8 Å². The van der Waals surface area contributed by atoms with Gasteiger partial charge in [0.25, 0.3) is 5.91 Å². The molecule has 23 heavy (non-hydrogen) atoms. The third kappa shape index (κ3) is 2.70. The van der Waals surface area contributed by atoms with Gasteiger partial charge in [-0.3, -0.25) is 9.59 Å². The second kappa shape index (κ2) is 5.64. The van der Waals surface area contributed by atoms with Crippen molar-refractivity contribution in [3.05, 3.63) is 65.2 Å². The van der Waals surface area contributed by atoms with Crippen LogP contribution in [-0.2, 0) is 4.79 Å². The summed E-state index contributed by atoms with van der Waals surface area (Å²) in [6, 6.07) is 7.55. The normalized spacial score (nSPS) is 14.6. The molecule has 0 saturated heterocycles. The van der Waals surface area contributed by atoms with E-state index in [4.69, 9.17) is 4.74 Å². The van der Waals surface area contributed by atoms with Crippen LogP contribution < -0.4 is 10.1 Å². The topological polar surface area (TPSA) is 55.4 Å². The van der Waals surface area contributed by atoms with Crippen molar-refractivity contribution < 1.29 is 23.1 Å². The molecule has 0 aromatic heterocycles. The van der Waals surface area contributed by atoms with Gasteiger partial charge < -0.3 is 10.1 Å². The van der Waals surface area contributed by atoms with Crippen LogP contribution in [0.15, 0.2) is 42.5 Å². The lowest BCUT2D eigenvalue weighted by Gasteiger charge is -2.03. The molecule has 0 aliphatic carbocycles. The number of ether oxygens (including phenoxy) is 1. The molecule has 0 bridgehead atoms. The quantitative estimate of drug-likeness (QED) is 0.699. The molecule has 1 aliphatic rings. The molecule has 2 aromatic rings. The van der Waals surface area contributed by atoms with Crippen molar-refractivity contribution in [2.75, 3.05) is 12.4 Å². The fourth-order valence-electron chi connectivity index (χ4n) is 2.34. The van der Waals surface area contributed by atoms with Crippen LogP contribution in [0.5, 0.6) is 5.75 Å². The summed E-state index contributed by atoms with van der Waals surface area (Å²) in [5, 5.41) is 2.52. The van der Waals surface area contributed by atoms with Crippen LogP contribution in [0.25, 0.3) is 5.57 Å². The number of benzene rings is 2. The number of rotatable bonds is 3. The molecule has 1 heterocycles. The molecule has 116 valence electrons. The fourth-order valence-corrected chi connectivity index (χ4v) is 2.34. The smallest absolute Gasteiger partial charge is 0.256 e. The lowest BCUT2D eigenvalue weighted by molar-refractivity contribution is -0.110. The van der Waals surface area contributed by atoms with Crippen LogP contribution >= 0.6 is 0 Å². The summed E-state index contributed by atoms with van der Waals surface area (Å²) in [5.41, 5.74) is 0.485. The molecule has 0 spiro atoms. The van der Waals surface area contributed by atoms with E-state index in [1.807, 2.05) is 0 Å². The van der Waals surface area contributed by atoms with Crippen LogP contribution in [0, 0.1) is 11.6 Å². The van der Waals surface area contributed by atoms with Crippen molar-refractivity contribution in [1.29, 1.82) is 0 Å². The van der Waals surface area contributed by atoms with Gasteiger partial charge in [0.2, 0.25) is 0 Å². The van der Waals surface area contributed by atoms with Crippen molar-refractivity contribution in [2.45, 2.75) is 0 Å². The highest BCUT2D eigenvalue weighted by molar-refractivity contribution is 6.35. The van der Waals surface area contributed by atoms with E-state index in [0.717, 1.165) is 18.2 Å². The lowest BCUT2D eigenvalue weighted by Crippen LogP contribution is -2.07. The largest absolute Gasteiger partial charge is 0.497 e. The Labute approximate surface area is 130 Å². The molecule has 0 unspecified atom stereocenters. The Morgan fingerprint density at radius 1 is 1.17 bits per heavy atom. The van der Waals surface area contributed by atoms with Crippen LogP contribution in [0.2, 0.25) is 0 Å². The number of nitrogens with one attached hydrogen (secondary N) is 1. The summed E-state index contributed by atoms with van der Waals surface area (Å²) < 4.78 is 32.1. The summed E-state index contributed by atoms with van der Waals surface area (Å²) in [4.78, 5) is 24.2. The Morgan fingerprint density at radius 3 is 2.65 bits per heavy atom. The maximum absolute atomic E-state index is 13.9. The number of hydrogen-bond acceptors (Lipinski definition) is 3. The van der Waals surface area contributed by atoms with Crippen molar-refractivity contribution in [3.63, 3.8) is 0 Å².